The Morgan fingerprint density at radius 3 is 2.70 bits per heavy atom. The lowest BCUT2D eigenvalue weighted by Crippen LogP contribution is -2.41. The van der Waals surface area contributed by atoms with Gasteiger partial charge in [-0.1, -0.05) is 23.9 Å². The molecule has 0 radical (unpaired) electrons. The van der Waals surface area contributed by atoms with Gasteiger partial charge in [-0.15, -0.1) is 0 Å². The Morgan fingerprint density at radius 1 is 1.20 bits per heavy atom. The highest BCUT2D eigenvalue weighted by Crippen LogP contribution is 2.26. The Kier molecular flexibility index (Phi) is 5.59. The van der Waals surface area contributed by atoms with Crippen LogP contribution in [0.25, 0.3) is 0 Å². The third-order valence-electron chi connectivity index (χ3n) is 4.74. The van der Waals surface area contributed by atoms with E-state index in [1.807, 2.05) is 18.2 Å². The Hall–Kier alpha value is -3.51. The molecule has 2 heterocycles. The second-order valence-electron chi connectivity index (χ2n) is 6.74. The van der Waals surface area contributed by atoms with E-state index in [0.717, 1.165) is 17.3 Å². The highest BCUT2D eigenvalue weighted by Gasteiger charge is 2.31. The van der Waals surface area contributed by atoms with Crippen molar-refractivity contribution in [3.05, 3.63) is 59.2 Å². The second kappa shape index (κ2) is 8.47. The molecule has 0 aliphatic carbocycles. The van der Waals surface area contributed by atoms with Crippen molar-refractivity contribution in [2.75, 3.05) is 19.9 Å². The lowest BCUT2D eigenvalue weighted by molar-refractivity contribution is -0.118. The van der Waals surface area contributed by atoms with Crippen LogP contribution in [0, 0.1) is 11.3 Å². The summed E-state index contributed by atoms with van der Waals surface area (Å²) in [7, 11) is 0. The van der Waals surface area contributed by atoms with E-state index in [-0.39, 0.29) is 30.4 Å². The van der Waals surface area contributed by atoms with Crippen LogP contribution < -0.4 is 14.8 Å². The molecule has 1 fully saturated rings. The van der Waals surface area contributed by atoms with Gasteiger partial charge in [-0.3, -0.25) is 19.7 Å². The number of fused-ring (bicyclic) bond motifs is 1. The molecule has 1 N–H and O–H groups in total. The van der Waals surface area contributed by atoms with Gasteiger partial charge in [-0.25, -0.2) is 0 Å². The van der Waals surface area contributed by atoms with Crippen molar-refractivity contribution in [2.45, 2.75) is 11.7 Å². The van der Waals surface area contributed by atoms with Crippen molar-refractivity contribution >= 4 is 28.8 Å². The van der Waals surface area contributed by atoms with E-state index >= 15 is 0 Å². The van der Waals surface area contributed by atoms with Crippen molar-refractivity contribution in [1.82, 2.24) is 10.2 Å². The third-order valence-corrected chi connectivity index (χ3v) is 5.72. The number of nitrogens with one attached hydrogen (secondary N) is 1. The first-order valence-corrected chi connectivity index (χ1v) is 10.1. The smallest absolute Gasteiger partial charge is 0.286 e. The van der Waals surface area contributed by atoms with Crippen molar-refractivity contribution in [3.63, 3.8) is 0 Å². The van der Waals surface area contributed by atoms with E-state index in [4.69, 9.17) is 14.7 Å². The summed E-state index contributed by atoms with van der Waals surface area (Å²) in [6, 6.07) is 14.1. The zero-order valence-corrected chi connectivity index (χ0v) is 16.6. The molecule has 152 valence electrons. The highest BCUT2D eigenvalue weighted by atomic mass is 32.2. The number of imide groups is 1. The minimum atomic E-state index is -0.404. The van der Waals surface area contributed by atoms with E-state index in [9.17, 15) is 14.4 Å². The van der Waals surface area contributed by atoms with Gasteiger partial charge in [-0.05, 0) is 42.3 Å². The zero-order valence-electron chi connectivity index (χ0n) is 15.8. The van der Waals surface area contributed by atoms with Crippen molar-refractivity contribution in [2.24, 2.45) is 0 Å². The van der Waals surface area contributed by atoms with Crippen LogP contribution in [-0.4, -0.2) is 47.1 Å². The summed E-state index contributed by atoms with van der Waals surface area (Å²) >= 11 is 1.00. The Labute approximate surface area is 176 Å². The van der Waals surface area contributed by atoms with Crippen LogP contribution in [0.3, 0.4) is 0 Å². The molecule has 2 aromatic rings. The Balaban J connectivity index is 1.29. The minimum absolute atomic E-state index is 0.125. The third kappa shape index (κ3) is 4.23. The van der Waals surface area contributed by atoms with Gasteiger partial charge in [-0.2, -0.15) is 5.26 Å². The van der Waals surface area contributed by atoms with Gasteiger partial charge in [0.15, 0.2) is 6.73 Å². The number of carbonyl (C=O) groups is 3. The van der Waals surface area contributed by atoms with Gasteiger partial charge in [0.05, 0.1) is 29.0 Å². The summed E-state index contributed by atoms with van der Waals surface area (Å²) in [6.45, 7) is 0.731. The standard InChI is InChI=1S/C21H17N3O5S/c22-11-14-3-6-17-16(9-14)20(26)24(12-29-17)7-8-28-15-4-1-13(2-5-15)10-18-19(25)23-21(27)30-18/h1-6,9,18H,7-8,10,12H2,(H,23,25,27). The average molecular weight is 423 g/mol. The van der Waals surface area contributed by atoms with Gasteiger partial charge >= 0.3 is 0 Å². The van der Waals surface area contributed by atoms with E-state index in [0.29, 0.717) is 35.6 Å². The maximum Gasteiger partial charge on any atom is 0.286 e. The Bertz CT molecular complexity index is 1050. The molecule has 1 unspecified atom stereocenters. The largest absolute Gasteiger partial charge is 0.492 e. The fourth-order valence-corrected chi connectivity index (χ4v) is 4.03. The van der Waals surface area contributed by atoms with E-state index in [1.165, 1.54) is 11.0 Å². The molecular formula is C21H17N3O5S. The first-order valence-electron chi connectivity index (χ1n) is 9.23. The van der Waals surface area contributed by atoms with E-state index < -0.39 is 5.25 Å². The van der Waals surface area contributed by atoms with Crippen LogP contribution in [0.4, 0.5) is 4.79 Å². The van der Waals surface area contributed by atoms with E-state index in [1.54, 1.807) is 24.3 Å². The summed E-state index contributed by atoms with van der Waals surface area (Å²) < 4.78 is 11.3. The number of hydrogen-bond donors (Lipinski definition) is 1. The molecule has 1 saturated heterocycles. The van der Waals surface area contributed by atoms with Crippen LogP contribution in [0.1, 0.15) is 21.5 Å². The van der Waals surface area contributed by atoms with Gasteiger partial charge in [0, 0.05) is 0 Å². The molecule has 0 aromatic heterocycles. The number of benzene rings is 2. The Morgan fingerprint density at radius 2 is 2.00 bits per heavy atom. The lowest BCUT2D eigenvalue weighted by atomic mass is 10.1. The monoisotopic (exact) mass is 423 g/mol. The quantitative estimate of drug-likeness (QED) is 0.759. The molecule has 3 amide bonds. The van der Waals surface area contributed by atoms with Crippen molar-refractivity contribution in [1.29, 1.82) is 5.26 Å². The molecule has 4 rings (SSSR count). The topological polar surface area (TPSA) is 109 Å². The molecule has 30 heavy (non-hydrogen) atoms. The number of nitriles is 1. The second-order valence-corrected chi connectivity index (χ2v) is 7.92. The number of carbonyl (C=O) groups excluding carboxylic acids is 3. The molecule has 8 nitrogen and oxygen atoms in total. The van der Waals surface area contributed by atoms with Crippen molar-refractivity contribution < 1.29 is 23.9 Å². The van der Waals surface area contributed by atoms with Crippen LogP contribution in [0.15, 0.2) is 42.5 Å². The molecule has 0 saturated carbocycles. The number of hydrogen-bond acceptors (Lipinski definition) is 7. The fourth-order valence-electron chi connectivity index (χ4n) is 3.17. The summed E-state index contributed by atoms with van der Waals surface area (Å²) in [5.41, 5.74) is 1.70. The molecule has 2 aliphatic rings. The lowest BCUT2D eigenvalue weighted by Gasteiger charge is -2.28. The molecule has 0 spiro atoms. The number of nitrogens with zero attached hydrogens (tertiary/aromatic N) is 2. The molecule has 1 atom stereocenters. The summed E-state index contributed by atoms with van der Waals surface area (Å²) in [5, 5.41) is 10.6. The first kappa shape index (κ1) is 19.8. The first-order chi connectivity index (χ1) is 14.5. The summed E-state index contributed by atoms with van der Waals surface area (Å²) in [5.74, 6) is 0.648. The molecule has 0 bridgehead atoms. The predicted octanol–water partition coefficient (Wildman–Crippen LogP) is 2.32. The number of rotatable bonds is 6. The average Bonchev–Trinajstić information content (AvgIpc) is 3.07. The van der Waals surface area contributed by atoms with E-state index in [2.05, 4.69) is 5.32 Å². The summed E-state index contributed by atoms with van der Waals surface area (Å²) in [6.07, 6.45) is 0.465. The normalized spacial score (nSPS) is 17.8. The predicted molar refractivity (Wildman–Crippen MR) is 108 cm³/mol. The molecular weight excluding hydrogens is 406 g/mol. The van der Waals surface area contributed by atoms with Crippen molar-refractivity contribution in [3.8, 4) is 17.6 Å². The van der Waals surface area contributed by atoms with Crippen LogP contribution in [-0.2, 0) is 11.2 Å². The zero-order chi connectivity index (χ0) is 21.1. The fraction of sp³-hybridized carbons (Fsp3) is 0.238. The van der Waals surface area contributed by atoms with Gasteiger partial charge in [0.2, 0.25) is 5.91 Å². The van der Waals surface area contributed by atoms with Crippen LogP contribution in [0.5, 0.6) is 11.5 Å². The van der Waals surface area contributed by atoms with Crippen LogP contribution in [0.2, 0.25) is 0 Å². The summed E-state index contributed by atoms with van der Waals surface area (Å²) in [4.78, 5) is 37.0. The van der Waals surface area contributed by atoms with Gasteiger partial charge in [0.1, 0.15) is 18.1 Å². The molecule has 9 heteroatoms. The van der Waals surface area contributed by atoms with Gasteiger partial charge in [0.25, 0.3) is 11.1 Å². The highest BCUT2D eigenvalue weighted by molar-refractivity contribution is 8.15. The molecule has 2 aliphatic heterocycles. The SMILES string of the molecule is N#Cc1ccc2c(c1)C(=O)N(CCOc1ccc(CC3SC(=O)NC3=O)cc1)CO2. The van der Waals surface area contributed by atoms with Gasteiger partial charge < -0.3 is 14.4 Å². The number of thioether (sulfide) groups is 1. The maximum absolute atomic E-state index is 12.6. The maximum atomic E-state index is 12.6. The minimum Gasteiger partial charge on any atom is -0.492 e. The number of amides is 3. The number of ether oxygens (including phenoxy) is 2. The van der Waals surface area contributed by atoms with Crippen LogP contribution >= 0.6 is 11.8 Å². The molecule has 2 aromatic carbocycles.